The van der Waals surface area contributed by atoms with Gasteiger partial charge in [-0.05, 0) is 63.1 Å². The van der Waals surface area contributed by atoms with Crippen LogP contribution in [0.15, 0.2) is 60.9 Å². The van der Waals surface area contributed by atoms with Crippen molar-refractivity contribution >= 4 is 35.0 Å². The van der Waals surface area contributed by atoms with Crippen LogP contribution in [-0.2, 0) is 44.7 Å². The lowest BCUT2D eigenvalue weighted by Crippen LogP contribution is -2.43. The van der Waals surface area contributed by atoms with E-state index in [1.54, 1.807) is 12.4 Å². The molecular weight excluding hydrogens is 873 g/mol. The van der Waals surface area contributed by atoms with Gasteiger partial charge in [-0.25, -0.2) is 19.9 Å². The molecule has 2 aliphatic rings. The summed E-state index contributed by atoms with van der Waals surface area (Å²) in [5, 5.41) is 12.7. The number of aromatic nitrogens is 8. The zero-order chi connectivity index (χ0) is 45.5. The van der Waals surface area contributed by atoms with Crippen LogP contribution in [0, 0.1) is 0 Å². The highest BCUT2D eigenvalue weighted by atomic mass is 35.5. The number of nitrogens with zero attached hydrogens (tertiary/aromatic N) is 8. The summed E-state index contributed by atoms with van der Waals surface area (Å²) in [6.45, 7) is 9.84. The average molecular weight is 914 g/mol. The molecule has 0 radical (unpaired) electrons. The highest BCUT2D eigenvalue weighted by Gasteiger charge is 2.39. The van der Waals surface area contributed by atoms with Gasteiger partial charge in [0.05, 0.1) is 79.6 Å². The van der Waals surface area contributed by atoms with Gasteiger partial charge in [0.25, 0.3) is 11.8 Å². The second kappa shape index (κ2) is 17.7. The number of hydrogen-bond acceptors (Lipinski definition) is 8. The second-order valence-electron chi connectivity index (χ2n) is 15.5. The molecule has 330 valence electrons. The molecule has 12 nitrogen and oxygen atoms in total. The molecule has 6 heterocycles. The van der Waals surface area contributed by atoms with Crippen molar-refractivity contribution < 1.29 is 35.9 Å². The fourth-order valence-electron chi connectivity index (χ4n) is 7.59. The summed E-state index contributed by atoms with van der Waals surface area (Å²) >= 11 is 12.0. The van der Waals surface area contributed by atoms with E-state index >= 15 is 0 Å². The lowest BCUT2D eigenvalue weighted by atomic mass is 9.94. The van der Waals surface area contributed by atoms with Crippen LogP contribution in [0.25, 0.3) is 22.8 Å². The maximum absolute atomic E-state index is 13.3. The number of halogens is 8. The van der Waals surface area contributed by atoms with Gasteiger partial charge in [-0.2, -0.15) is 36.5 Å². The van der Waals surface area contributed by atoms with Crippen LogP contribution in [-0.4, -0.2) is 74.0 Å². The third kappa shape index (κ3) is 9.14. The standard InChI is InChI=1S/C22H21ClF3N5O.C21H19ClF3N5O/c1-11(2)20-28-17-10-31(12(3)9-14(17)19(29-20)16-7-8-27-30-16)21(32)13-5-4-6-15(18(13)23)22(24,25)26;1-3-17-27-16-10-30(11(2)9-13(16)19(28-17)15-7-8-26-29-15)20(31)12-5-4-6-14(18(12)22)21(23,24)25/h4-8,11-12H,9-10H2,1-3H3,(H,27,30);4-8,11H,3,9-10H2,1-2H3,(H,26,29)/t;11-/m.0/s1. The topological polar surface area (TPSA) is 150 Å². The van der Waals surface area contributed by atoms with Crippen molar-refractivity contribution in [3.8, 4) is 22.8 Å². The van der Waals surface area contributed by atoms with Crippen LogP contribution in [0.2, 0.25) is 10.0 Å². The van der Waals surface area contributed by atoms with Crippen LogP contribution < -0.4 is 0 Å². The normalized spacial score (nSPS) is 16.3. The van der Waals surface area contributed by atoms with E-state index < -0.39 is 45.3 Å². The minimum atomic E-state index is -4.65. The number of fused-ring (bicyclic) bond motifs is 2. The van der Waals surface area contributed by atoms with E-state index in [1.165, 1.54) is 34.1 Å². The van der Waals surface area contributed by atoms with Crippen LogP contribution >= 0.6 is 23.2 Å². The number of carbonyl (C=O) groups excluding carboxylic acids is 2. The van der Waals surface area contributed by atoms with Crippen molar-refractivity contribution in [3.05, 3.63) is 127 Å². The molecule has 0 aliphatic carbocycles. The molecule has 0 saturated carbocycles. The van der Waals surface area contributed by atoms with Crippen molar-refractivity contribution in [2.75, 3.05) is 0 Å². The first kappa shape index (κ1) is 45.2. The van der Waals surface area contributed by atoms with E-state index in [2.05, 4.69) is 35.3 Å². The van der Waals surface area contributed by atoms with Crippen molar-refractivity contribution in [1.29, 1.82) is 0 Å². The molecule has 1 unspecified atom stereocenters. The highest BCUT2D eigenvalue weighted by molar-refractivity contribution is 6.35. The lowest BCUT2D eigenvalue weighted by molar-refractivity contribution is -0.138. The Balaban J connectivity index is 0.000000189. The van der Waals surface area contributed by atoms with Crippen LogP contribution in [0.1, 0.15) is 107 Å². The maximum Gasteiger partial charge on any atom is 0.417 e. The molecule has 20 heteroatoms. The van der Waals surface area contributed by atoms with Gasteiger partial charge in [-0.1, -0.05) is 56.1 Å². The summed E-state index contributed by atoms with van der Waals surface area (Å²) in [5.74, 6) is 0.152. The molecule has 8 rings (SSSR count). The van der Waals surface area contributed by atoms with Gasteiger partial charge < -0.3 is 9.80 Å². The molecule has 4 aromatic heterocycles. The number of benzene rings is 2. The molecule has 63 heavy (non-hydrogen) atoms. The van der Waals surface area contributed by atoms with Crippen molar-refractivity contribution in [1.82, 2.24) is 50.1 Å². The van der Waals surface area contributed by atoms with Crippen molar-refractivity contribution in [2.24, 2.45) is 0 Å². The fraction of sp³-hybridized carbons (Fsp3) is 0.349. The van der Waals surface area contributed by atoms with Gasteiger partial charge in [0.1, 0.15) is 11.6 Å². The number of aromatic amines is 2. The van der Waals surface area contributed by atoms with Crippen LogP contribution in [0.4, 0.5) is 26.3 Å². The Morgan fingerprint density at radius 3 is 1.54 bits per heavy atom. The average Bonchev–Trinajstić information content (AvgIpc) is 3.98. The second-order valence-corrected chi connectivity index (χ2v) is 16.3. The van der Waals surface area contributed by atoms with Gasteiger partial charge in [0, 0.05) is 47.9 Å². The van der Waals surface area contributed by atoms with Crippen molar-refractivity contribution in [2.45, 2.75) is 97.3 Å². The molecule has 2 amide bonds. The van der Waals surface area contributed by atoms with Gasteiger partial charge in [0.2, 0.25) is 0 Å². The first-order valence-electron chi connectivity index (χ1n) is 19.9. The molecular formula is C43H40Cl2F6N10O2. The minimum Gasteiger partial charge on any atom is -0.330 e. The minimum absolute atomic E-state index is 0.0448. The van der Waals surface area contributed by atoms with Crippen molar-refractivity contribution in [3.63, 3.8) is 0 Å². The lowest BCUT2D eigenvalue weighted by Gasteiger charge is -2.35. The summed E-state index contributed by atoms with van der Waals surface area (Å²) in [6.07, 6.45) is -4.52. The smallest absolute Gasteiger partial charge is 0.330 e. The Morgan fingerprint density at radius 1 is 0.698 bits per heavy atom. The predicted molar refractivity (Wildman–Crippen MR) is 222 cm³/mol. The summed E-state index contributed by atoms with van der Waals surface area (Å²) in [6, 6.07) is 9.80. The van der Waals surface area contributed by atoms with Gasteiger partial charge in [-0.3, -0.25) is 19.8 Å². The molecule has 0 bridgehead atoms. The number of amides is 2. The summed E-state index contributed by atoms with van der Waals surface area (Å²) in [7, 11) is 0. The van der Waals surface area contributed by atoms with Crippen LogP contribution in [0.3, 0.4) is 0 Å². The third-order valence-corrected chi connectivity index (χ3v) is 11.7. The number of rotatable bonds is 6. The Bertz CT molecular complexity index is 2650. The first-order valence-corrected chi connectivity index (χ1v) is 20.6. The number of alkyl halides is 6. The number of hydrogen-bond donors (Lipinski definition) is 2. The van der Waals surface area contributed by atoms with E-state index in [0.29, 0.717) is 42.3 Å². The van der Waals surface area contributed by atoms with E-state index in [0.717, 1.165) is 46.0 Å². The van der Waals surface area contributed by atoms with Gasteiger partial charge in [-0.15, -0.1) is 0 Å². The predicted octanol–water partition coefficient (Wildman–Crippen LogP) is 9.94. The molecule has 0 fully saturated rings. The molecule has 2 aromatic carbocycles. The van der Waals surface area contributed by atoms with Gasteiger partial charge in [0.15, 0.2) is 0 Å². The summed E-state index contributed by atoms with van der Waals surface area (Å²) in [4.78, 5) is 48.1. The largest absolute Gasteiger partial charge is 0.417 e. The molecule has 6 aromatic rings. The Hall–Kier alpha value is -5.88. The van der Waals surface area contributed by atoms with E-state index in [1.807, 2.05) is 46.8 Å². The Kier molecular flexibility index (Phi) is 12.7. The molecule has 0 spiro atoms. The Labute approximate surface area is 367 Å². The quantitative estimate of drug-likeness (QED) is 0.157. The molecule has 2 aliphatic heterocycles. The maximum atomic E-state index is 13.3. The number of H-pyrrole nitrogens is 2. The third-order valence-electron chi connectivity index (χ3n) is 10.9. The van der Waals surface area contributed by atoms with E-state index in [-0.39, 0.29) is 42.2 Å². The fourth-order valence-corrected chi connectivity index (χ4v) is 8.22. The highest BCUT2D eigenvalue weighted by Crippen LogP contribution is 2.40. The zero-order valence-electron chi connectivity index (χ0n) is 34.5. The molecule has 2 atom stereocenters. The summed E-state index contributed by atoms with van der Waals surface area (Å²) < 4.78 is 79.5. The molecule has 2 N–H and O–H groups in total. The molecule has 0 saturated heterocycles. The van der Waals surface area contributed by atoms with Gasteiger partial charge >= 0.3 is 12.4 Å². The van der Waals surface area contributed by atoms with Crippen LogP contribution in [0.5, 0.6) is 0 Å². The number of carbonyl (C=O) groups is 2. The SMILES string of the molecule is CC(C)c1nc2c(c(-c3ccn[nH]3)n1)CC(C)N(C(=O)c1cccc(C(F)(F)F)c1Cl)C2.CCc1nc2c(c(-c3ccn[nH]3)n1)C[C@H](C)N(C(=O)c1cccc(C(F)(F)F)c1Cl)C2. The monoisotopic (exact) mass is 912 g/mol. The van der Waals surface area contributed by atoms with E-state index in [9.17, 15) is 35.9 Å². The summed E-state index contributed by atoms with van der Waals surface area (Å²) in [5.41, 5.74) is 3.69. The number of aryl methyl sites for hydroxylation is 1. The number of nitrogens with one attached hydrogen (secondary N) is 2. The Morgan fingerprint density at radius 2 is 1.14 bits per heavy atom. The first-order chi connectivity index (χ1) is 29.8. The zero-order valence-corrected chi connectivity index (χ0v) is 36.0. The van der Waals surface area contributed by atoms with E-state index in [4.69, 9.17) is 28.2 Å².